The van der Waals surface area contributed by atoms with E-state index >= 15 is 0 Å². The highest BCUT2D eigenvalue weighted by Crippen LogP contribution is 2.51. The second-order valence-corrected chi connectivity index (χ2v) is 22.0. The first-order valence-electron chi connectivity index (χ1n) is 26.8. The lowest BCUT2D eigenvalue weighted by molar-refractivity contribution is -0.146. The normalized spacial score (nSPS) is 32.1. The summed E-state index contributed by atoms with van der Waals surface area (Å²) in [6, 6.07) is 4.11. The van der Waals surface area contributed by atoms with E-state index < -0.39 is 16.9 Å². The van der Waals surface area contributed by atoms with E-state index in [0.29, 0.717) is 105 Å². The van der Waals surface area contributed by atoms with Gasteiger partial charge in [-0.3, -0.25) is 19.3 Å². The molecule has 3 saturated carbocycles. The van der Waals surface area contributed by atoms with Crippen LogP contribution in [0.25, 0.3) is 17.2 Å². The quantitative estimate of drug-likeness (QED) is 0.115. The van der Waals surface area contributed by atoms with E-state index in [2.05, 4.69) is 35.0 Å². The molecule has 71 heavy (non-hydrogen) atoms. The predicted molar refractivity (Wildman–Crippen MR) is 262 cm³/mol. The number of carbonyl (C=O) groups excluding carboxylic acids is 3. The SMILES string of the molecule is C#C[C@H](Oc1cc(C2CCOCC2)nc(/C(N)=C2\CCC[C@@]3(CCC(C4CCC(c5cc(OC[C@@H]6CCCN6C)nc(-c6noc7c6CCC[C@@]76CCCCC6=O)n5)O4)CC3=O)C2=O)n1)[C@@H]1CCCN1C. The van der Waals surface area contributed by atoms with Gasteiger partial charge in [0.2, 0.25) is 11.8 Å². The molecule has 4 saturated heterocycles. The second-order valence-electron chi connectivity index (χ2n) is 22.0. The Labute approximate surface area is 417 Å². The van der Waals surface area contributed by atoms with Crippen LogP contribution in [-0.4, -0.2) is 124 Å². The van der Waals surface area contributed by atoms with Crippen molar-refractivity contribution in [1.82, 2.24) is 34.9 Å². The van der Waals surface area contributed by atoms with Crippen LogP contribution in [0.5, 0.6) is 11.8 Å². The Morgan fingerprint density at radius 2 is 1.61 bits per heavy atom. The molecule has 3 aromatic heterocycles. The number of allylic oxidation sites excluding steroid dienone is 1. The zero-order valence-electron chi connectivity index (χ0n) is 41.6. The fraction of sp³-hybridized carbons (Fsp3) is 0.673. The summed E-state index contributed by atoms with van der Waals surface area (Å²) >= 11 is 0. The molecule has 4 aliphatic carbocycles. The van der Waals surface area contributed by atoms with Crippen molar-refractivity contribution in [2.75, 3.05) is 47.0 Å². The first kappa shape index (κ1) is 48.2. The molecule has 3 unspecified atom stereocenters. The van der Waals surface area contributed by atoms with Crippen LogP contribution in [0.4, 0.5) is 0 Å². The number of Topliss-reactive ketones (excluding diaryl/α,β-unsaturated/α-hetero) is 3. The average molecular weight is 971 g/mol. The molecule has 16 heteroatoms. The van der Waals surface area contributed by atoms with Crippen molar-refractivity contribution in [3.05, 3.63) is 46.2 Å². The molecule has 4 aliphatic heterocycles. The fourth-order valence-electron chi connectivity index (χ4n) is 13.7. The van der Waals surface area contributed by atoms with Crippen molar-refractivity contribution < 1.29 is 37.9 Å². The van der Waals surface area contributed by atoms with E-state index in [1.54, 1.807) is 0 Å². The number of likely N-dealkylation sites (N-methyl/N-ethyl adjacent to an activating group) is 2. The third-order valence-electron chi connectivity index (χ3n) is 17.9. The first-order valence-corrected chi connectivity index (χ1v) is 26.8. The number of nitrogens with zero attached hydrogens (tertiary/aromatic N) is 7. The van der Waals surface area contributed by atoms with Gasteiger partial charge in [0.1, 0.15) is 24.3 Å². The minimum absolute atomic E-state index is 0.0452. The number of hydrogen-bond acceptors (Lipinski definition) is 16. The van der Waals surface area contributed by atoms with Crippen molar-refractivity contribution in [1.29, 1.82) is 0 Å². The molecule has 2 spiro atoms. The standard InChI is InChI=1S/C55H70N8O8/c1-4-41(40-14-10-26-63(40)3)70-47-30-38(33-19-27-67-28-20-33)57-52(60-47)48(56)36-12-7-22-54(50(36)66)24-18-34(29-45(54)65)42-16-17-43(69-42)39-31-46(68-32-35-11-9-25-62(35)2)59-53(58-39)49-37-13-8-23-55(51(37)71-61-49)21-6-5-15-44(55)64/h1,30-31,33-35,40-43H,5-29,32,56H2,2-3H3/b48-36-/t34?,35-,40-,41-,42?,43?,54-,55+/m0/s1. The van der Waals surface area contributed by atoms with Crippen LogP contribution in [0, 0.1) is 23.7 Å². The van der Waals surface area contributed by atoms with E-state index in [-0.39, 0.29) is 71.4 Å². The Morgan fingerprint density at radius 3 is 2.38 bits per heavy atom. The van der Waals surface area contributed by atoms with Gasteiger partial charge in [-0.25, -0.2) is 9.97 Å². The molecule has 16 nitrogen and oxygen atoms in total. The van der Waals surface area contributed by atoms with E-state index in [1.807, 2.05) is 12.1 Å². The van der Waals surface area contributed by atoms with Crippen LogP contribution in [0.1, 0.15) is 169 Å². The second kappa shape index (κ2) is 20.1. The molecular weight excluding hydrogens is 901 g/mol. The molecule has 8 atom stereocenters. The molecule has 378 valence electrons. The Kier molecular flexibility index (Phi) is 13.6. The van der Waals surface area contributed by atoms with Gasteiger partial charge in [-0.15, -0.1) is 6.42 Å². The summed E-state index contributed by atoms with van der Waals surface area (Å²) in [4.78, 5) is 67.3. The zero-order valence-corrected chi connectivity index (χ0v) is 41.6. The van der Waals surface area contributed by atoms with Gasteiger partial charge in [0, 0.05) is 61.3 Å². The summed E-state index contributed by atoms with van der Waals surface area (Å²) in [6.07, 6.45) is 20.8. The number of rotatable bonds is 11. The maximum absolute atomic E-state index is 14.8. The highest BCUT2D eigenvalue weighted by molar-refractivity contribution is 6.17. The van der Waals surface area contributed by atoms with Crippen molar-refractivity contribution >= 4 is 23.0 Å². The number of carbonyl (C=O) groups is 3. The van der Waals surface area contributed by atoms with E-state index in [1.165, 1.54) is 0 Å². The number of aromatic nitrogens is 5. The lowest BCUT2D eigenvalue weighted by atomic mass is 9.59. The van der Waals surface area contributed by atoms with Crippen LogP contribution in [0.15, 0.2) is 22.2 Å². The van der Waals surface area contributed by atoms with Gasteiger partial charge in [0.25, 0.3) is 0 Å². The van der Waals surface area contributed by atoms with Crippen LogP contribution < -0.4 is 15.2 Å². The number of terminal acetylenes is 1. The smallest absolute Gasteiger partial charge is 0.218 e. The average Bonchev–Trinajstić information content (AvgIpc) is 4.24. The van der Waals surface area contributed by atoms with Gasteiger partial charge in [-0.2, -0.15) is 9.97 Å². The van der Waals surface area contributed by atoms with Crippen LogP contribution >= 0.6 is 0 Å². The van der Waals surface area contributed by atoms with E-state index in [9.17, 15) is 14.4 Å². The highest BCUT2D eigenvalue weighted by Gasteiger charge is 2.53. The lowest BCUT2D eigenvalue weighted by Crippen LogP contribution is -2.48. The van der Waals surface area contributed by atoms with E-state index in [4.69, 9.17) is 55.6 Å². The maximum Gasteiger partial charge on any atom is 0.218 e. The number of hydrogen-bond donors (Lipinski definition) is 1. The van der Waals surface area contributed by atoms with E-state index in [0.717, 1.165) is 108 Å². The number of nitrogens with two attached hydrogens (primary N) is 1. The highest BCUT2D eigenvalue weighted by atomic mass is 16.5. The molecule has 0 radical (unpaired) electrons. The number of fused-ring (bicyclic) bond motifs is 2. The largest absolute Gasteiger partial charge is 0.476 e. The summed E-state index contributed by atoms with van der Waals surface area (Å²) in [6.45, 7) is 3.73. The number of ether oxygens (including phenoxy) is 4. The minimum atomic E-state index is -1.15. The Morgan fingerprint density at radius 1 is 0.817 bits per heavy atom. The van der Waals surface area contributed by atoms with Crippen molar-refractivity contribution in [3.63, 3.8) is 0 Å². The number of ketones is 3. The predicted octanol–water partition coefficient (Wildman–Crippen LogP) is 7.18. The van der Waals surface area contributed by atoms with Crippen LogP contribution in [0.3, 0.4) is 0 Å². The summed E-state index contributed by atoms with van der Waals surface area (Å²) in [5.41, 5.74) is 8.83. The van der Waals surface area contributed by atoms with Crippen LogP contribution in [-0.2, 0) is 35.7 Å². The topological polar surface area (TPSA) is 198 Å². The molecule has 7 heterocycles. The van der Waals surface area contributed by atoms with Crippen molar-refractivity contribution in [2.45, 2.75) is 177 Å². The Hall–Kier alpha value is -5.08. The summed E-state index contributed by atoms with van der Waals surface area (Å²) < 4.78 is 31.6. The van der Waals surface area contributed by atoms with Crippen LogP contribution in [0.2, 0.25) is 0 Å². The molecule has 0 aromatic carbocycles. The molecule has 2 N–H and O–H groups in total. The number of likely N-dealkylation sites (tertiary alicyclic amines) is 2. The first-order chi connectivity index (χ1) is 34.5. The molecule has 0 amide bonds. The van der Waals surface area contributed by atoms with Gasteiger partial charge in [0.05, 0.1) is 40.1 Å². The van der Waals surface area contributed by atoms with Crippen molar-refractivity contribution in [3.8, 4) is 35.6 Å². The van der Waals surface area contributed by atoms with Gasteiger partial charge in [-0.1, -0.05) is 17.5 Å². The molecule has 7 fully saturated rings. The third-order valence-corrected chi connectivity index (χ3v) is 17.9. The molecule has 0 bridgehead atoms. The Bertz CT molecular complexity index is 2600. The van der Waals surface area contributed by atoms with Gasteiger partial charge in [0.15, 0.2) is 35.0 Å². The van der Waals surface area contributed by atoms with Gasteiger partial charge >= 0.3 is 0 Å². The molecule has 8 aliphatic rings. The van der Waals surface area contributed by atoms with Gasteiger partial charge in [-0.05, 0) is 149 Å². The summed E-state index contributed by atoms with van der Waals surface area (Å²) in [5.74, 6) is 5.06. The summed E-state index contributed by atoms with van der Waals surface area (Å²) in [7, 11) is 4.19. The zero-order chi connectivity index (χ0) is 48.9. The third kappa shape index (κ3) is 9.11. The molecule has 11 rings (SSSR count). The maximum atomic E-state index is 14.8. The van der Waals surface area contributed by atoms with Crippen molar-refractivity contribution in [2.24, 2.45) is 17.1 Å². The Balaban J connectivity index is 0.817. The molecular formula is C55H70N8O8. The molecule has 3 aromatic rings. The fourth-order valence-corrected chi connectivity index (χ4v) is 13.7. The summed E-state index contributed by atoms with van der Waals surface area (Å²) in [5, 5.41) is 4.59. The van der Waals surface area contributed by atoms with Gasteiger partial charge < -0.3 is 34.1 Å². The minimum Gasteiger partial charge on any atom is -0.476 e. The lowest BCUT2D eigenvalue weighted by Gasteiger charge is -2.42. The monoisotopic (exact) mass is 971 g/mol.